The van der Waals surface area contributed by atoms with Crippen molar-refractivity contribution in [3.8, 4) is 0 Å². The predicted octanol–water partition coefficient (Wildman–Crippen LogP) is 4.57. The van der Waals surface area contributed by atoms with E-state index in [0.29, 0.717) is 22.9 Å². The minimum atomic E-state index is -1.30. The first-order valence-electron chi connectivity index (χ1n) is 12.8. The Bertz CT molecular complexity index is 1330. The van der Waals surface area contributed by atoms with Gasteiger partial charge in [-0.25, -0.2) is 4.39 Å². The smallest absolute Gasteiger partial charge is 0.249 e. The van der Waals surface area contributed by atoms with Gasteiger partial charge in [0.1, 0.15) is 11.4 Å². The van der Waals surface area contributed by atoms with Crippen molar-refractivity contribution in [1.29, 1.82) is 0 Å². The SMILES string of the molecule is CN(C)c1ccc(NC(=O)C(C)(C)N(Cc2ccccc2F)C(=O)CN2C[C@@H](c3ccccc3)NC2=S)cc1. The lowest BCUT2D eigenvalue weighted by Gasteiger charge is -2.38. The zero-order chi connectivity index (χ0) is 28.2. The summed E-state index contributed by atoms with van der Waals surface area (Å²) in [4.78, 5) is 32.5. The normalized spacial score (nSPS) is 15.1. The van der Waals surface area contributed by atoms with E-state index in [2.05, 4.69) is 10.6 Å². The molecular formula is C30H34FN5O2S. The summed E-state index contributed by atoms with van der Waals surface area (Å²) in [5.74, 6) is -1.15. The molecule has 3 aromatic rings. The fourth-order valence-corrected chi connectivity index (χ4v) is 4.77. The van der Waals surface area contributed by atoms with E-state index in [1.807, 2.05) is 73.6 Å². The maximum Gasteiger partial charge on any atom is 0.249 e. The number of hydrogen-bond donors (Lipinski definition) is 2. The molecule has 1 heterocycles. The van der Waals surface area contributed by atoms with Gasteiger partial charge in [0.25, 0.3) is 0 Å². The molecule has 0 saturated carbocycles. The van der Waals surface area contributed by atoms with Crippen molar-refractivity contribution >= 4 is 40.5 Å². The molecule has 4 rings (SSSR count). The van der Waals surface area contributed by atoms with E-state index in [4.69, 9.17) is 12.2 Å². The number of carbonyl (C=O) groups is 2. The molecule has 2 N–H and O–H groups in total. The monoisotopic (exact) mass is 547 g/mol. The average molecular weight is 548 g/mol. The second-order valence-corrected chi connectivity index (χ2v) is 10.7. The summed E-state index contributed by atoms with van der Waals surface area (Å²) in [6.45, 7) is 3.73. The van der Waals surface area contributed by atoms with E-state index >= 15 is 0 Å². The summed E-state index contributed by atoms with van der Waals surface area (Å²) < 4.78 is 14.7. The van der Waals surface area contributed by atoms with Crippen LogP contribution in [0, 0.1) is 5.82 Å². The van der Waals surface area contributed by atoms with E-state index in [-0.39, 0.29) is 30.9 Å². The van der Waals surface area contributed by atoms with E-state index in [1.165, 1.54) is 11.0 Å². The van der Waals surface area contributed by atoms with Gasteiger partial charge in [-0.3, -0.25) is 9.59 Å². The number of halogens is 1. The minimum Gasteiger partial charge on any atom is -0.378 e. The van der Waals surface area contributed by atoms with E-state index in [0.717, 1.165) is 11.3 Å². The van der Waals surface area contributed by atoms with Gasteiger partial charge in [-0.2, -0.15) is 0 Å². The molecule has 39 heavy (non-hydrogen) atoms. The van der Waals surface area contributed by atoms with Crippen LogP contribution in [0.4, 0.5) is 15.8 Å². The first kappa shape index (κ1) is 28.0. The summed E-state index contributed by atoms with van der Waals surface area (Å²) in [5, 5.41) is 6.66. The van der Waals surface area contributed by atoms with Crippen molar-refractivity contribution < 1.29 is 14.0 Å². The van der Waals surface area contributed by atoms with Crippen molar-refractivity contribution in [2.24, 2.45) is 0 Å². The minimum absolute atomic E-state index is 0.0438. The standard InChI is InChI=1S/C30H34FN5O2S/c1-30(2,28(38)32-23-14-16-24(17-15-23)34(3)4)36(18-22-12-8-9-13-25(22)31)27(37)20-35-19-26(33-29(35)39)21-10-6-5-7-11-21/h5-17,26H,18-20H2,1-4H3,(H,32,38)(H,33,39)/t26-/m0/s1. The van der Waals surface area contributed by atoms with E-state index in [1.54, 1.807) is 36.9 Å². The molecule has 3 aromatic carbocycles. The molecule has 0 bridgehead atoms. The average Bonchev–Trinajstić information content (AvgIpc) is 3.28. The highest BCUT2D eigenvalue weighted by Crippen LogP contribution is 2.25. The second kappa shape index (κ2) is 11.8. The van der Waals surface area contributed by atoms with Gasteiger partial charge in [-0.05, 0) is 62.0 Å². The molecular weight excluding hydrogens is 513 g/mol. The van der Waals surface area contributed by atoms with Crippen LogP contribution in [0.5, 0.6) is 0 Å². The van der Waals surface area contributed by atoms with E-state index < -0.39 is 11.4 Å². The Morgan fingerprint density at radius 1 is 1.03 bits per heavy atom. The summed E-state index contributed by atoms with van der Waals surface area (Å²) in [7, 11) is 3.87. The number of anilines is 2. The third kappa shape index (κ3) is 6.54. The molecule has 1 saturated heterocycles. The predicted molar refractivity (Wildman–Crippen MR) is 157 cm³/mol. The topological polar surface area (TPSA) is 67.9 Å². The fourth-order valence-electron chi connectivity index (χ4n) is 4.49. The number of amides is 2. The van der Waals surface area contributed by atoms with Crippen LogP contribution >= 0.6 is 12.2 Å². The van der Waals surface area contributed by atoms with Crippen LogP contribution in [0.25, 0.3) is 0 Å². The Morgan fingerprint density at radius 2 is 1.67 bits per heavy atom. The molecule has 1 fully saturated rings. The molecule has 1 atom stereocenters. The quantitative estimate of drug-likeness (QED) is 0.383. The van der Waals surface area contributed by atoms with Gasteiger partial charge in [0.15, 0.2) is 5.11 Å². The lowest BCUT2D eigenvalue weighted by Crippen LogP contribution is -2.57. The van der Waals surface area contributed by atoms with Crippen molar-refractivity contribution in [1.82, 2.24) is 15.1 Å². The maximum atomic E-state index is 14.7. The van der Waals surface area contributed by atoms with Gasteiger partial charge >= 0.3 is 0 Å². The molecule has 7 nitrogen and oxygen atoms in total. The highest BCUT2D eigenvalue weighted by atomic mass is 32.1. The molecule has 1 aliphatic rings. The van der Waals surface area contributed by atoms with Gasteiger partial charge in [-0.1, -0.05) is 48.5 Å². The van der Waals surface area contributed by atoms with Crippen molar-refractivity contribution in [3.05, 3.63) is 95.8 Å². The number of nitrogens with zero attached hydrogens (tertiary/aromatic N) is 3. The number of nitrogens with one attached hydrogen (secondary N) is 2. The third-order valence-corrected chi connectivity index (χ3v) is 7.35. The number of thiocarbonyl (C=S) groups is 1. The summed E-state index contributed by atoms with van der Waals surface area (Å²) in [6, 6.07) is 23.5. The zero-order valence-corrected chi connectivity index (χ0v) is 23.5. The van der Waals surface area contributed by atoms with Gasteiger partial charge in [0, 0.05) is 44.1 Å². The van der Waals surface area contributed by atoms with E-state index in [9.17, 15) is 14.0 Å². The first-order chi connectivity index (χ1) is 18.6. The van der Waals surface area contributed by atoms with Crippen molar-refractivity contribution in [2.75, 3.05) is 37.4 Å². The Kier molecular flexibility index (Phi) is 8.50. The van der Waals surface area contributed by atoms with Gasteiger partial charge in [0.05, 0.1) is 12.6 Å². The van der Waals surface area contributed by atoms with Crippen LogP contribution in [0.3, 0.4) is 0 Å². The van der Waals surface area contributed by atoms with Crippen LogP contribution in [0.2, 0.25) is 0 Å². The molecule has 0 aliphatic carbocycles. The molecule has 0 aromatic heterocycles. The van der Waals surface area contributed by atoms with Crippen LogP contribution in [-0.2, 0) is 16.1 Å². The number of benzene rings is 3. The largest absolute Gasteiger partial charge is 0.378 e. The Balaban J connectivity index is 1.55. The molecule has 9 heteroatoms. The highest BCUT2D eigenvalue weighted by Gasteiger charge is 2.40. The number of rotatable bonds is 9. The molecule has 2 amide bonds. The zero-order valence-electron chi connectivity index (χ0n) is 22.6. The lowest BCUT2D eigenvalue weighted by molar-refractivity contribution is -0.144. The van der Waals surface area contributed by atoms with Crippen LogP contribution in [0.15, 0.2) is 78.9 Å². The maximum absolute atomic E-state index is 14.7. The molecule has 0 unspecified atom stereocenters. The Labute approximate surface area is 234 Å². The van der Waals surface area contributed by atoms with Gasteiger partial charge < -0.3 is 25.3 Å². The van der Waals surface area contributed by atoms with Crippen LogP contribution in [0.1, 0.15) is 31.0 Å². The lowest BCUT2D eigenvalue weighted by atomic mass is 9.99. The number of carbonyl (C=O) groups excluding carboxylic acids is 2. The first-order valence-corrected chi connectivity index (χ1v) is 13.2. The fraction of sp³-hybridized carbons (Fsp3) is 0.300. The Hall–Kier alpha value is -3.98. The summed E-state index contributed by atoms with van der Waals surface area (Å²) in [6.07, 6.45) is 0. The molecule has 204 valence electrons. The molecule has 0 radical (unpaired) electrons. The highest BCUT2D eigenvalue weighted by molar-refractivity contribution is 7.80. The second-order valence-electron chi connectivity index (χ2n) is 10.3. The van der Waals surface area contributed by atoms with Crippen molar-refractivity contribution in [2.45, 2.75) is 32.0 Å². The summed E-state index contributed by atoms with van der Waals surface area (Å²) in [5.41, 5.74) is 1.69. The van der Waals surface area contributed by atoms with Crippen molar-refractivity contribution in [3.63, 3.8) is 0 Å². The third-order valence-electron chi connectivity index (χ3n) is 6.98. The molecule has 1 aliphatic heterocycles. The number of hydrogen-bond acceptors (Lipinski definition) is 4. The summed E-state index contributed by atoms with van der Waals surface area (Å²) >= 11 is 5.53. The van der Waals surface area contributed by atoms with Gasteiger partial charge in [0.2, 0.25) is 11.8 Å². The van der Waals surface area contributed by atoms with Gasteiger partial charge in [-0.15, -0.1) is 0 Å². The van der Waals surface area contributed by atoms with Crippen LogP contribution in [-0.4, -0.2) is 59.5 Å². The molecule has 0 spiro atoms. The Morgan fingerprint density at radius 3 is 2.31 bits per heavy atom. The van der Waals surface area contributed by atoms with Crippen LogP contribution < -0.4 is 15.5 Å².